The maximum Gasteiger partial charge on any atom is 0.408 e. The normalized spacial score (nSPS) is 11.8. The van der Waals surface area contributed by atoms with E-state index < -0.39 is 18.1 Å². The van der Waals surface area contributed by atoms with Crippen molar-refractivity contribution in [2.45, 2.75) is 19.6 Å². The van der Waals surface area contributed by atoms with Gasteiger partial charge in [-0.25, -0.2) is 9.59 Å². The Labute approximate surface area is 179 Å². The molecule has 0 aliphatic heterocycles. The van der Waals surface area contributed by atoms with Gasteiger partial charge in [0.2, 0.25) is 0 Å². The van der Waals surface area contributed by atoms with Gasteiger partial charge in [0.15, 0.2) is 0 Å². The van der Waals surface area contributed by atoms with Gasteiger partial charge in [-0.05, 0) is 30.2 Å². The first-order valence-corrected chi connectivity index (χ1v) is 10.0. The van der Waals surface area contributed by atoms with E-state index in [2.05, 4.69) is 21.2 Å². The zero-order valence-electron chi connectivity index (χ0n) is 16.2. The molecule has 6 nitrogen and oxygen atoms in total. The fraction of sp³-hybridized carbons (Fsp3) is 0.273. The number of carbonyl (C=O) groups excluding carboxylic acids is 2. The van der Waals surface area contributed by atoms with E-state index >= 15 is 0 Å². The van der Waals surface area contributed by atoms with Gasteiger partial charge in [-0.2, -0.15) is 0 Å². The van der Waals surface area contributed by atoms with Crippen LogP contribution in [0.4, 0.5) is 4.79 Å². The lowest BCUT2D eigenvalue weighted by Gasteiger charge is -2.19. The molecule has 0 aliphatic carbocycles. The number of rotatable bonds is 10. The van der Waals surface area contributed by atoms with E-state index in [1.54, 1.807) is 13.0 Å². The Morgan fingerprint density at radius 1 is 1.07 bits per heavy atom. The quantitative estimate of drug-likeness (QED) is 0.319. The molecule has 1 N–H and O–H groups in total. The van der Waals surface area contributed by atoms with Gasteiger partial charge in [0.1, 0.15) is 6.61 Å². The summed E-state index contributed by atoms with van der Waals surface area (Å²) < 4.78 is 16.6. The molecule has 1 atom stereocenters. The van der Waals surface area contributed by atoms with E-state index in [0.717, 1.165) is 15.6 Å². The van der Waals surface area contributed by atoms with Gasteiger partial charge in [-0.15, -0.1) is 0 Å². The summed E-state index contributed by atoms with van der Waals surface area (Å²) in [7, 11) is 0. The van der Waals surface area contributed by atoms with Crippen LogP contribution >= 0.6 is 15.9 Å². The van der Waals surface area contributed by atoms with Crippen molar-refractivity contribution in [1.29, 1.82) is 0 Å². The number of halogens is 1. The van der Waals surface area contributed by atoms with E-state index in [9.17, 15) is 9.59 Å². The van der Waals surface area contributed by atoms with E-state index in [-0.39, 0.29) is 19.8 Å². The number of alkyl carbamates (subject to hydrolysis) is 1. The number of esters is 1. The van der Waals surface area contributed by atoms with Gasteiger partial charge in [0.25, 0.3) is 0 Å². The van der Waals surface area contributed by atoms with Crippen molar-refractivity contribution in [3.05, 3.63) is 82.3 Å². The Morgan fingerprint density at radius 2 is 1.79 bits per heavy atom. The van der Waals surface area contributed by atoms with Crippen LogP contribution in [0.5, 0.6) is 0 Å². The van der Waals surface area contributed by atoms with Crippen LogP contribution in [0.15, 0.2) is 71.2 Å². The van der Waals surface area contributed by atoms with Crippen LogP contribution in [-0.2, 0) is 25.6 Å². The van der Waals surface area contributed by atoms with Gasteiger partial charge in [0.05, 0.1) is 25.9 Å². The molecule has 2 aromatic rings. The predicted molar refractivity (Wildman–Crippen MR) is 113 cm³/mol. The van der Waals surface area contributed by atoms with Crippen LogP contribution in [0.25, 0.3) is 0 Å². The number of hydrogen-bond acceptors (Lipinski definition) is 5. The summed E-state index contributed by atoms with van der Waals surface area (Å²) in [6.07, 6.45) is 2.36. The van der Waals surface area contributed by atoms with Crippen LogP contribution < -0.4 is 5.32 Å². The number of nitrogens with one attached hydrogen (secondary N) is 1. The number of ether oxygens (including phenoxy) is 3. The van der Waals surface area contributed by atoms with Crippen molar-refractivity contribution in [3.8, 4) is 0 Å². The van der Waals surface area contributed by atoms with E-state index in [1.165, 1.54) is 6.08 Å². The molecule has 2 rings (SSSR count). The lowest BCUT2D eigenvalue weighted by atomic mass is 10.1. The van der Waals surface area contributed by atoms with Crippen molar-refractivity contribution in [3.63, 3.8) is 0 Å². The maximum atomic E-state index is 12.2. The second-order valence-electron chi connectivity index (χ2n) is 6.00. The molecule has 1 unspecified atom stereocenters. The SMILES string of the molecule is CCOC(=O)C=CCOCC(NC(=O)OCc1ccccc1)c1ccc(Br)cc1. The van der Waals surface area contributed by atoms with Crippen molar-refractivity contribution in [2.24, 2.45) is 0 Å². The van der Waals surface area contributed by atoms with E-state index in [4.69, 9.17) is 14.2 Å². The molecule has 0 saturated heterocycles. The molecule has 0 bridgehead atoms. The number of amides is 1. The fourth-order valence-corrected chi connectivity index (χ4v) is 2.68. The van der Waals surface area contributed by atoms with Gasteiger partial charge < -0.3 is 19.5 Å². The van der Waals surface area contributed by atoms with Crippen molar-refractivity contribution in [2.75, 3.05) is 19.8 Å². The zero-order chi connectivity index (χ0) is 20.9. The Hall–Kier alpha value is -2.64. The highest BCUT2D eigenvalue weighted by atomic mass is 79.9. The molecule has 0 aliphatic rings. The minimum atomic E-state index is -0.535. The molecule has 7 heteroatoms. The average molecular weight is 462 g/mol. The smallest absolute Gasteiger partial charge is 0.408 e. The molecule has 0 saturated carbocycles. The first kappa shape index (κ1) is 22.6. The molecule has 0 aromatic heterocycles. The van der Waals surface area contributed by atoms with Gasteiger partial charge in [-0.1, -0.05) is 64.5 Å². The second kappa shape index (κ2) is 12.7. The Bertz CT molecular complexity index is 793. The van der Waals surface area contributed by atoms with Gasteiger partial charge >= 0.3 is 12.1 Å². The third-order valence-electron chi connectivity index (χ3n) is 3.82. The summed E-state index contributed by atoms with van der Waals surface area (Å²) in [5.74, 6) is -0.414. The average Bonchev–Trinajstić information content (AvgIpc) is 2.73. The van der Waals surface area contributed by atoms with Crippen LogP contribution in [0, 0.1) is 0 Å². The fourth-order valence-electron chi connectivity index (χ4n) is 2.41. The number of hydrogen-bond donors (Lipinski definition) is 1. The topological polar surface area (TPSA) is 73.9 Å². The lowest BCUT2D eigenvalue weighted by molar-refractivity contribution is -0.137. The van der Waals surface area contributed by atoms with Gasteiger partial charge in [-0.3, -0.25) is 0 Å². The summed E-state index contributed by atoms with van der Waals surface area (Å²) in [6, 6.07) is 16.6. The summed E-state index contributed by atoms with van der Waals surface area (Å²) in [6.45, 7) is 2.68. The highest BCUT2D eigenvalue weighted by molar-refractivity contribution is 9.10. The molecular weight excluding hydrogens is 438 g/mol. The summed E-state index contributed by atoms with van der Waals surface area (Å²) >= 11 is 3.40. The number of carbonyl (C=O) groups is 2. The van der Waals surface area contributed by atoms with Gasteiger partial charge in [0, 0.05) is 10.5 Å². The third kappa shape index (κ3) is 8.93. The van der Waals surface area contributed by atoms with Crippen molar-refractivity contribution >= 4 is 28.0 Å². The van der Waals surface area contributed by atoms with Crippen LogP contribution in [-0.4, -0.2) is 31.9 Å². The monoisotopic (exact) mass is 461 g/mol. The second-order valence-corrected chi connectivity index (χ2v) is 6.92. The highest BCUT2D eigenvalue weighted by Gasteiger charge is 2.16. The van der Waals surface area contributed by atoms with Crippen LogP contribution in [0.3, 0.4) is 0 Å². The Morgan fingerprint density at radius 3 is 2.48 bits per heavy atom. The first-order chi connectivity index (χ1) is 14.1. The maximum absolute atomic E-state index is 12.2. The summed E-state index contributed by atoms with van der Waals surface area (Å²) in [5.41, 5.74) is 1.78. The molecule has 29 heavy (non-hydrogen) atoms. The van der Waals surface area contributed by atoms with Crippen molar-refractivity contribution < 1.29 is 23.8 Å². The minimum Gasteiger partial charge on any atom is -0.463 e. The Kier molecular flexibility index (Phi) is 9.95. The van der Waals surface area contributed by atoms with E-state index in [0.29, 0.717) is 6.61 Å². The zero-order valence-corrected chi connectivity index (χ0v) is 17.8. The summed E-state index contributed by atoms with van der Waals surface area (Å²) in [4.78, 5) is 23.5. The first-order valence-electron chi connectivity index (χ1n) is 9.22. The molecule has 1 amide bonds. The molecule has 0 radical (unpaired) electrons. The standard InChI is InChI=1S/C22H24BrNO5/c1-2-28-21(25)9-6-14-27-16-20(18-10-12-19(23)13-11-18)24-22(26)29-15-17-7-4-3-5-8-17/h3-13,20H,2,14-16H2,1H3,(H,24,26). The van der Waals surface area contributed by atoms with Crippen LogP contribution in [0.2, 0.25) is 0 Å². The number of benzene rings is 2. The van der Waals surface area contributed by atoms with Crippen molar-refractivity contribution in [1.82, 2.24) is 5.32 Å². The molecule has 154 valence electrons. The third-order valence-corrected chi connectivity index (χ3v) is 4.35. The Balaban J connectivity index is 1.89. The molecule has 0 fully saturated rings. The minimum absolute atomic E-state index is 0.183. The molecule has 0 heterocycles. The summed E-state index contributed by atoms with van der Waals surface area (Å²) in [5, 5.41) is 2.83. The predicted octanol–water partition coefficient (Wildman–Crippen LogP) is 4.55. The highest BCUT2D eigenvalue weighted by Crippen LogP contribution is 2.18. The molecule has 2 aromatic carbocycles. The largest absolute Gasteiger partial charge is 0.463 e. The molecular formula is C22H24BrNO5. The lowest BCUT2D eigenvalue weighted by Crippen LogP contribution is -2.32. The van der Waals surface area contributed by atoms with Crippen LogP contribution in [0.1, 0.15) is 24.1 Å². The van der Waals surface area contributed by atoms with E-state index in [1.807, 2.05) is 54.6 Å². The molecule has 0 spiro atoms.